The van der Waals surface area contributed by atoms with Crippen molar-refractivity contribution in [2.75, 3.05) is 20.7 Å². The molecule has 0 aliphatic heterocycles. The van der Waals surface area contributed by atoms with E-state index in [0.717, 1.165) is 41.9 Å². The fraction of sp³-hybridized carbons (Fsp3) is 0.429. The summed E-state index contributed by atoms with van der Waals surface area (Å²) < 4.78 is 8.99. The highest BCUT2D eigenvalue weighted by Gasteiger charge is 2.10. The molecule has 2 heterocycles. The van der Waals surface area contributed by atoms with Crippen LogP contribution >= 0.6 is 24.0 Å². The Hall–Kier alpha value is -2.63. The fourth-order valence-corrected chi connectivity index (χ4v) is 3.06. The standard InChI is InChI=1S/C21H30N8O.HI/c1-16-25-26-20(29(16)4)13-23-21(27(2)14-18-12-24-28(3)15-18)22-11-10-17-6-8-19(30-5)9-7-17;/h6-9,12,15H,10-11,13-14H2,1-5H3,(H,22,23);1H. The molecule has 1 aromatic carbocycles. The molecule has 0 radical (unpaired) electrons. The summed E-state index contributed by atoms with van der Waals surface area (Å²) in [5.74, 6) is 3.38. The molecule has 0 atom stereocenters. The predicted octanol–water partition coefficient (Wildman–Crippen LogP) is 2.30. The topological polar surface area (TPSA) is 85.4 Å². The molecule has 0 aliphatic carbocycles. The van der Waals surface area contributed by atoms with Gasteiger partial charge in [0.2, 0.25) is 0 Å². The van der Waals surface area contributed by atoms with Crippen LogP contribution in [0.4, 0.5) is 0 Å². The molecule has 1 N–H and O–H groups in total. The zero-order valence-electron chi connectivity index (χ0n) is 18.7. The minimum absolute atomic E-state index is 0. The van der Waals surface area contributed by atoms with Crippen LogP contribution in [0, 0.1) is 6.92 Å². The van der Waals surface area contributed by atoms with E-state index in [1.807, 2.05) is 57.2 Å². The molecule has 0 saturated heterocycles. The summed E-state index contributed by atoms with van der Waals surface area (Å²) in [6.45, 7) is 3.86. The number of aliphatic imine (C=N–C) groups is 1. The molecule has 0 spiro atoms. The Morgan fingerprint density at radius 3 is 2.48 bits per heavy atom. The van der Waals surface area contributed by atoms with Gasteiger partial charge in [0.15, 0.2) is 11.8 Å². The van der Waals surface area contributed by atoms with E-state index in [9.17, 15) is 0 Å². The van der Waals surface area contributed by atoms with Crippen LogP contribution in [0.15, 0.2) is 41.7 Å². The van der Waals surface area contributed by atoms with Crippen LogP contribution in [0.5, 0.6) is 5.75 Å². The van der Waals surface area contributed by atoms with Gasteiger partial charge in [-0.2, -0.15) is 5.10 Å². The van der Waals surface area contributed by atoms with Gasteiger partial charge in [0.05, 0.1) is 13.3 Å². The summed E-state index contributed by atoms with van der Waals surface area (Å²) in [6, 6.07) is 8.13. The lowest BCUT2D eigenvalue weighted by atomic mass is 10.1. The largest absolute Gasteiger partial charge is 0.497 e. The lowest BCUT2D eigenvalue weighted by molar-refractivity contribution is 0.414. The van der Waals surface area contributed by atoms with Crippen molar-refractivity contribution >= 4 is 29.9 Å². The predicted molar refractivity (Wildman–Crippen MR) is 132 cm³/mol. The minimum Gasteiger partial charge on any atom is -0.497 e. The molecule has 0 aliphatic rings. The Labute approximate surface area is 200 Å². The van der Waals surface area contributed by atoms with Gasteiger partial charge in [0.1, 0.15) is 18.1 Å². The molecule has 0 bridgehead atoms. The third kappa shape index (κ3) is 6.94. The maximum absolute atomic E-state index is 5.23. The number of methoxy groups -OCH3 is 1. The van der Waals surface area contributed by atoms with Crippen LogP contribution in [0.1, 0.15) is 22.8 Å². The smallest absolute Gasteiger partial charge is 0.194 e. The summed E-state index contributed by atoms with van der Waals surface area (Å²) in [7, 11) is 7.57. The van der Waals surface area contributed by atoms with Gasteiger partial charge in [0.25, 0.3) is 0 Å². The Bertz CT molecular complexity index is 980. The Morgan fingerprint density at radius 1 is 1.16 bits per heavy atom. The minimum atomic E-state index is 0. The molecular weight excluding hydrogens is 507 g/mol. The third-order valence-corrected chi connectivity index (χ3v) is 4.95. The Morgan fingerprint density at radius 2 is 1.90 bits per heavy atom. The van der Waals surface area contributed by atoms with E-state index in [1.165, 1.54) is 5.56 Å². The van der Waals surface area contributed by atoms with E-state index in [1.54, 1.807) is 11.8 Å². The van der Waals surface area contributed by atoms with Gasteiger partial charge in [-0.3, -0.25) is 4.68 Å². The summed E-state index contributed by atoms with van der Waals surface area (Å²) >= 11 is 0. The van der Waals surface area contributed by atoms with Gasteiger partial charge in [0, 0.05) is 46.0 Å². The Kier molecular flexibility index (Phi) is 9.28. The van der Waals surface area contributed by atoms with Crippen molar-refractivity contribution in [3.8, 4) is 5.75 Å². The Balaban J connectivity index is 0.00000341. The molecule has 0 saturated carbocycles. The molecule has 10 heteroatoms. The molecule has 0 amide bonds. The molecule has 3 aromatic rings. The van der Waals surface area contributed by atoms with Crippen LogP contribution in [0.2, 0.25) is 0 Å². The number of halogens is 1. The average Bonchev–Trinajstić information content (AvgIpc) is 3.30. The normalized spacial score (nSPS) is 11.2. The van der Waals surface area contributed by atoms with Crippen molar-refractivity contribution in [2.24, 2.45) is 19.1 Å². The lowest BCUT2D eigenvalue weighted by Gasteiger charge is -2.22. The number of aromatic nitrogens is 5. The summed E-state index contributed by atoms with van der Waals surface area (Å²) in [6.07, 6.45) is 4.77. The van der Waals surface area contributed by atoms with Gasteiger partial charge < -0.3 is 19.5 Å². The van der Waals surface area contributed by atoms with Crippen molar-refractivity contribution < 1.29 is 4.74 Å². The second-order valence-corrected chi connectivity index (χ2v) is 7.27. The van der Waals surface area contributed by atoms with E-state index in [2.05, 4.69) is 37.6 Å². The maximum atomic E-state index is 5.23. The van der Waals surface area contributed by atoms with Gasteiger partial charge in [-0.1, -0.05) is 12.1 Å². The number of hydrogen-bond donors (Lipinski definition) is 1. The van der Waals surface area contributed by atoms with Gasteiger partial charge in [-0.05, 0) is 31.0 Å². The van der Waals surface area contributed by atoms with Gasteiger partial charge in [-0.25, -0.2) is 4.99 Å². The first-order valence-corrected chi connectivity index (χ1v) is 9.91. The molecule has 0 fully saturated rings. The van der Waals surface area contributed by atoms with Crippen molar-refractivity contribution in [1.82, 2.24) is 34.8 Å². The molecule has 31 heavy (non-hydrogen) atoms. The second-order valence-electron chi connectivity index (χ2n) is 7.27. The molecule has 168 valence electrons. The summed E-state index contributed by atoms with van der Waals surface area (Å²) in [4.78, 5) is 6.88. The van der Waals surface area contributed by atoms with Crippen LogP contribution < -0.4 is 10.1 Å². The number of aryl methyl sites for hydroxylation is 2. The van der Waals surface area contributed by atoms with Gasteiger partial charge in [-0.15, -0.1) is 34.2 Å². The summed E-state index contributed by atoms with van der Waals surface area (Å²) in [5, 5.41) is 16.1. The molecule has 3 rings (SSSR count). The van der Waals surface area contributed by atoms with Gasteiger partial charge >= 0.3 is 0 Å². The van der Waals surface area contributed by atoms with Crippen LogP contribution in [-0.4, -0.2) is 56.1 Å². The third-order valence-electron chi connectivity index (χ3n) is 4.95. The van der Waals surface area contributed by atoms with E-state index in [4.69, 9.17) is 9.73 Å². The first-order chi connectivity index (χ1) is 14.5. The molecule has 0 unspecified atom stereocenters. The second kappa shape index (κ2) is 11.7. The zero-order chi connectivity index (χ0) is 21.5. The summed E-state index contributed by atoms with van der Waals surface area (Å²) in [5.41, 5.74) is 2.36. The van der Waals surface area contributed by atoms with Crippen LogP contribution in [0.3, 0.4) is 0 Å². The van der Waals surface area contributed by atoms with Crippen molar-refractivity contribution in [2.45, 2.75) is 26.4 Å². The molecule has 9 nitrogen and oxygen atoms in total. The van der Waals surface area contributed by atoms with E-state index < -0.39 is 0 Å². The van der Waals surface area contributed by atoms with Crippen LogP contribution in [0.25, 0.3) is 0 Å². The highest BCUT2D eigenvalue weighted by atomic mass is 127. The van der Waals surface area contributed by atoms with Crippen molar-refractivity contribution in [3.63, 3.8) is 0 Å². The average molecular weight is 538 g/mol. The van der Waals surface area contributed by atoms with Crippen molar-refractivity contribution in [1.29, 1.82) is 0 Å². The maximum Gasteiger partial charge on any atom is 0.194 e. The number of guanidine groups is 1. The number of ether oxygens (including phenoxy) is 1. The number of nitrogens with zero attached hydrogens (tertiary/aromatic N) is 7. The van der Waals surface area contributed by atoms with Crippen molar-refractivity contribution in [3.05, 3.63) is 59.4 Å². The van der Waals surface area contributed by atoms with E-state index in [0.29, 0.717) is 13.1 Å². The SMILES string of the molecule is COc1ccc(CCNC(=NCc2nnc(C)n2C)N(C)Cc2cnn(C)c2)cc1.I. The number of nitrogens with one attached hydrogen (secondary N) is 1. The molecular formula is C21H31IN8O. The monoisotopic (exact) mass is 538 g/mol. The zero-order valence-corrected chi connectivity index (χ0v) is 21.1. The highest BCUT2D eigenvalue weighted by molar-refractivity contribution is 14.0. The van der Waals surface area contributed by atoms with E-state index in [-0.39, 0.29) is 24.0 Å². The lowest BCUT2D eigenvalue weighted by Crippen LogP contribution is -2.39. The quantitative estimate of drug-likeness (QED) is 0.269. The van der Waals surface area contributed by atoms with E-state index >= 15 is 0 Å². The number of rotatable bonds is 8. The molecule has 2 aromatic heterocycles. The fourth-order valence-electron chi connectivity index (χ4n) is 3.06. The first kappa shape index (κ1) is 24.6. The number of benzene rings is 1. The first-order valence-electron chi connectivity index (χ1n) is 9.91. The highest BCUT2D eigenvalue weighted by Crippen LogP contribution is 2.11. The number of hydrogen-bond acceptors (Lipinski definition) is 5. The van der Waals surface area contributed by atoms with Crippen LogP contribution in [-0.2, 0) is 33.6 Å².